The normalized spacial score (nSPS) is 31.5. The molecule has 21 heavy (non-hydrogen) atoms. The number of fused-ring (bicyclic) bond motifs is 4. The molecule has 2 bridgehead atoms. The second-order valence-corrected chi connectivity index (χ2v) is 6.14. The molecule has 5 rings (SSSR count). The Balaban J connectivity index is 1.54. The van der Waals surface area contributed by atoms with Crippen LogP contribution in [-0.2, 0) is 0 Å². The molecule has 1 amide bonds. The number of carbonyl (C=O) groups excluding carboxylic acids is 1. The van der Waals surface area contributed by atoms with E-state index in [-0.39, 0.29) is 11.9 Å². The van der Waals surface area contributed by atoms with E-state index >= 15 is 0 Å². The second kappa shape index (κ2) is 4.84. The molecular weight excluding hydrogens is 266 g/mol. The third-order valence-corrected chi connectivity index (χ3v) is 5.05. The Labute approximate surface area is 123 Å². The van der Waals surface area contributed by atoms with Crippen molar-refractivity contribution in [1.82, 2.24) is 15.2 Å². The fourth-order valence-corrected chi connectivity index (χ4v) is 3.75. The average Bonchev–Trinajstić information content (AvgIpc) is 2.98. The van der Waals surface area contributed by atoms with Crippen LogP contribution in [0.1, 0.15) is 30.3 Å². The van der Waals surface area contributed by atoms with Crippen LogP contribution in [0.25, 0.3) is 11.0 Å². The number of piperidine rings is 3. The first-order valence-corrected chi connectivity index (χ1v) is 7.60. The lowest BCUT2D eigenvalue weighted by atomic mass is 9.79. The maximum atomic E-state index is 12.5. The Hall–Kier alpha value is -1.88. The Morgan fingerprint density at radius 3 is 3.00 bits per heavy atom. The minimum atomic E-state index is -0.0982. The van der Waals surface area contributed by atoms with Crippen molar-refractivity contribution in [2.24, 2.45) is 5.92 Å². The van der Waals surface area contributed by atoms with Crippen molar-refractivity contribution >= 4 is 16.9 Å². The maximum absolute atomic E-state index is 12.5. The summed E-state index contributed by atoms with van der Waals surface area (Å²) in [5.41, 5.74) is 1.14. The van der Waals surface area contributed by atoms with E-state index in [2.05, 4.69) is 22.1 Å². The van der Waals surface area contributed by atoms with Crippen molar-refractivity contribution in [3.63, 3.8) is 0 Å². The van der Waals surface area contributed by atoms with Gasteiger partial charge in [0.25, 0.3) is 5.91 Å². The summed E-state index contributed by atoms with van der Waals surface area (Å²) in [6, 6.07) is 4.21. The van der Waals surface area contributed by atoms with Crippen molar-refractivity contribution in [3.05, 3.63) is 30.3 Å². The van der Waals surface area contributed by atoms with Gasteiger partial charge in [-0.3, -0.25) is 14.7 Å². The first-order chi connectivity index (χ1) is 10.2. The predicted octanol–water partition coefficient (Wildman–Crippen LogP) is 2.04. The van der Waals surface area contributed by atoms with E-state index in [9.17, 15) is 4.79 Å². The third-order valence-electron chi connectivity index (χ3n) is 5.05. The van der Waals surface area contributed by atoms with Gasteiger partial charge in [0.05, 0.1) is 6.26 Å². The van der Waals surface area contributed by atoms with Crippen molar-refractivity contribution in [2.45, 2.75) is 31.8 Å². The van der Waals surface area contributed by atoms with Crippen molar-refractivity contribution in [3.8, 4) is 0 Å². The number of rotatable bonds is 2. The molecule has 2 aromatic rings. The van der Waals surface area contributed by atoms with E-state index in [0.29, 0.717) is 23.2 Å². The molecule has 1 N–H and O–H groups in total. The van der Waals surface area contributed by atoms with Crippen molar-refractivity contribution < 1.29 is 9.21 Å². The fourth-order valence-electron chi connectivity index (χ4n) is 3.75. The lowest BCUT2D eigenvalue weighted by Crippen LogP contribution is -2.62. The second-order valence-electron chi connectivity index (χ2n) is 6.14. The topological polar surface area (TPSA) is 58.4 Å². The Morgan fingerprint density at radius 1 is 1.43 bits per heavy atom. The highest BCUT2D eigenvalue weighted by atomic mass is 16.3. The molecule has 3 saturated heterocycles. The van der Waals surface area contributed by atoms with E-state index < -0.39 is 0 Å². The molecule has 2 atom stereocenters. The van der Waals surface area contributed by atoms with Gasteiger partial charge in [0.15, 0.2) is 0 Å². The van der Waals surface area contributed by atoms with Crippen LogP contribution >= 0.6 is 0 Å². The molecule has 0 aromatic carbocycles. The molecular formula is C16H19N3O2. The first-order valence-electron chi connectivity index (χ1n) is 7.60. The van der Waals surface area contributed by atoms with Gasteiger partial charge in [-0.25, -0.2) is 0 Å². The quantitative estimate of drug-likeness (QED) is 0.917. The summed E-state index contributed by atoms with van der Waals surface area (Å²) in [7, 11) is 0. The average molecular weight is 285 g/mol. The zero-order valence-corrected chi connectivity index (χ0v) is 12.1. The van der Waals surface area contributed by atoms with Crippen LogP contribution in [-0.4, -0.2) is 41.0 Å². The molecule has 0 saturated carbocycles. The molecule has 110 valence electrons. The molecule has 0 spiro atoms. The van der Waals surface area contributed by atoms with E-state index in [0.717, 1.165) is 18.5 Å². The SMILES string of the molecule is CC1C(NC(=O)c2cc3occc3cn2)C2CCN1CC2. The summed E-state index contributed by atoms with van der Waals surface area (Å²) in [4.78, 5) is 19.2. The number of hydrogen-bond acceptors (Lipinski definition) is 4. The van der Waals surface area contributed by atoms with Gasteiger partial charge in [-0.1, -0.05) is 0 Å². The fraction of sp³-hybridized carbons (Fsp3) is 0.500. The smallest absolute Gasteiger partial charge is 0.270 e. The molecule has 5 heteroatoms. The zero-order valence-electron chi connectivity index (χ0n) is 12.1. The van der Waals surface area contributed by atoms with Gasteiger partial charge in [0.1, 0.15) is 11.3 Å². The van der Waals surface area contributed by atoms with Crippen molar-refractivity contribution in [1.29, 1.82) is 0 Å². The molecule has 0 aliphatic carbocycles. The van der Waals surface area contributed by atoms with Gasteiger partial charge in [0.2, 0.25) is 0 Å². The maximum Gasteiger partial charge on any atom is 0.270 e. The summed E-state index contributed by atoms with van der Waals surface area (Å²) >= 11 is 0. The largest absolute Gasteiger partial charge is 0.464 e. The van der Waals surface area contributed by atoms with Crippen LogP contribution < -0.4 is 5.32 Å². The van der Waals surface area contributed by atoms with Crippen LogP contribution in [0.5, 0.6) is 0 Å². The van der Waals surface area contributed by atoms with Crippen LogP contribution in [0.3, 0.4) is 0 Å². The number of pyridine rings is 1. The van der Waals surface area contributed by atoms with Gasteiger partial charge in [-0.2, -0.15) is 0 Å². The minimum Gasteiger partial charge on any atom is -0.464 e. The van der Waals surface area contributed by atoms with Gasteiger partial charge in [-0.15, -0.1) is 0 Å². The lowest BCUT2D eigenvalue weighted by molar-refractivity contribution is 0.0216. The number of nitrogens with zero attached hydrogens (tertiary/aromatic N) is 2. The number of furan rings is 1. The number of hydrogen-bond donors (Lipinski definition) is 1. The molecule has 5 heterocycles. The van der Waals surface area contributed by atoms with Crippen LogP contribution in [0.4, 0.5) is 0 Å². The highest BCUT2D eigenvalue weighted by Crippen LogP contribution is 2.32. The molecule has 5 nitrogen and oxygen atoms in total. The highest BCUT2D eigenvalue weighted by molar-refractivity contribution is 5.95. The Bertz CT molecular complexity index is 671. The van der Waals surface area contributed by atoms with Crippen LogP contribution in [0.2, 0.25) is 0 Å². The van der Waals surface area contributed by atoms with Gasteiger partial charge in [-0.05, 0) is 44.8 Å². The number of carbonyl (C=O) groups is 1. The molecule has 3 aliphatic heterocycles. The minimum absolute atomic E-state index is 0.0982. The van der Waals surface area contributed by atoms with Crippen LogP contribution in [0, 0.1) is 5.92 Å². The van der Waals surface area contributed by atoms with E-state index in [1.807, 2.05) is 6.07 Å². The molecule has 0 radical (unpaired) electrons. The highest BCUT2D eigenvalue weighted by Gasteiger charge is 2.40. The van der Waals surface area contributed by atoms with E-state index in [4.69, 9.17) is 4.42 Å². The van der Waals surface area contributed by atoms with E-state index in [1.165, 1.54) is 12.8 Å². The number of nitrogens with one attached hydrogen (secondary N) is 1. The van der Waals surface area contributed by atoms with E-state index in [1.54, 1.807) is 18.5 Å². The monoisotopic (exact) mass is 285 g/mol. The molecule has 2 aromatic heterocycles. The summed E-state index contributed by atoms with van der Waals surface area (Å²) in [6.45, 7) is 4.53. The first kappa shape index (κ1) is 12.8. The summed E-state index contributed by atoms with van der Waals surface area (Å²) in [5.74, 6) is 0.500. The van der Waals surface area contributed by atoms with Gasteiger partial charge in [0, 0.05) is 29.7 Å². The summed E-state index contributed by atoms with van der Waals surface area (Å²) < 4.78 is 5.34. The zero-order chi connectivity index (χ0) is 14.4. The van der Waals surface area contributed by atoms with Gasteiger partial charge < -0.3 is 9.73 Å². The summed E-state index contributed by atoms with van der Waals surface area (Å²) in [5, 5.41) is 4.11. The van der Waals surface area contributed by atoms with Crippen LogP contribution in [0.15, 0.2) is 29.0 Å². The van der Waals surface area contributed by atoms with Crippen molar-refractivity contribution in [2.75, 3.05) is 13.1 Å². The standard InChI is InChI=1S/C16H19N3O2/c1-10-15(11-2-5-19(10)6-3-11)18-16(20)13-8-14-12(9-17-13)4-7-21-14/h4,7-11,15H,2-3,5-6H2,1H3,(H,18,20). The van der Waals surface area contributed by atoms with Gasteiger partial charge >= 0.3 is 0 Å². The number of amides is 1. The predicted molar refractivity (Wildman–Crippen MR) is 79.0 cm³/mol. The summed E-state index contributed by atoms with van der Waals surface area (Å²) in [6.07, 6.45) is 5.66. The Kier molecular flexibility index (Phi) is 2.96. The molecule has 3 aliphatic rings. The Morgan fingerprint density at radius 2 is 2.24 bits per heavy atom. The number of aromatic nitrogens is 1. The molecule has 3 fully saturated rings. The third kappa shape index (κ3) is 2.12. The lowest BCUT2D eigenvalue weighted by Gasteiger charge is -2.49. The molecule has 2 unspecified atom stereocenters.